The maximum Gasteiger partial charge on any atom is 0.308 e. The van der Waals surface area contributed by atoms with E-state index in [1.54, 1.807) is 20.0 Å². The van der Waals surface area contributed by atoms with Crippen molar-refractivity contribution in [3.63, 3.8) is 0 Å². The fourth-order valence-corrected chi connectivity index (χ4v) is 3.26. The lowest BCUT2D eigenvalue weighted by atomic mass is 9.73. The van der Waals surface area contributed by atoms with Gasteiger partial charge in [0.05, 0.1) is 11.3 Å². The highest BCUT2D eigenvalue weighted by atomic mass is 35.5. The Bertz CT molecular complexity index is 584. The summed E-state index contributed by atoms with van der Waals surface area (Å²) < 4.78 is 5.43. The highest BCUT2D eigenvalue weighted by molar-refractivity contribution is 6.30. The van der Waals surface area contributed by atoms with Gasteiger partial charge in [-0.15, -0.1) is 0 Å². The Balaban J connectivity index is 2.31. The molecule has 0 bridgehead atoms. The number of hydrogen-bond donors (Lipinski definition) is 1. The standard InChI is InChI=1S/C17H22ClNO4/c1-12(15(20)21)11-19(2)16(22)17(6-8-23-9-7-17)13-4-3-5-14(18)10-13/h3-5,10,12H,6-9,11H2,1-2H3,(H,20,21). The number of hydrogen-bond acceptors (Lipinski definition) is 3. The molecule has 1 atom stereocenters. The van der Waals surface area contributed by atoms with Gasteiger partial charge in [-0.3, -0.25) is 9.59 Å². The third kappa shape index (κ3) is 3.85. The molecule has 0 aliphatic carbocycles. The largest absolute Gasteiger partial charge is 0.481 e. The van der Waals surface area contributed by atoms with E-state index in [2.05, 4.69) is 0 Å². The maximum absolute atomic E-state index is 13.1. The van der Waals surface area contributed by atoms with Crippen LogP contribution in [0, 0.1) is 5.92 Å². The van der Waals surface area contributed by atoms with Crippen molar-refractivity contribution in [2.75, 3.05) is 26.8 Å². The number of rotatable bonds is 5. The first-order chi connectivity index (χ1) is 10.9. The number of carboxylic acids is 1. The second-order valence-electron chi connectivity index (χ2n) is 6.13. The van der Waals surface area contributed by atoms with Gasteiger partial charge in [0, 0.05) is 31.8 Å². The molecule has 23 heavy (non-hydrogen) atoms. The molecule has 1 heterocycles. The first kappa shape index (κ1) is 17.8. The predicted molar refractivity (Wildman–Crippen MR) is 87.6 cm³/mol. The molecule has 5 nitrogen and oxygen atoms in total. The van der Waals surface area contributed by atoms with Gasteiger partial charge in [-0.05, 0) is 30.5 Å². The van der Waals surface area contributed by atoms with Gasteiger partial charge in [-0.25, -0.2) is 0 Å². The van der Waals surface area contributed by atoms with E-state index < -0.39 is 17.3 Å². The van der Waals surface area contributed by atoms with E-state index >= 15 is 0 Å². The molecule has 1 aromatic rings. The number of aliphatic carboxylic acids is 1. The monoisotopic (exact) mass is 339 g/mol. The van der Waals surface area contributed by atoms with Gasteiger partial charge >= 0.3 is 5.97 Å². The zero-order valence-electron chi connectivity index (χ0n) is 13.4. The zero-order valence-corrected chi connectivity index (χ0v) is 14.2. The molecule has 1 aliphatic rings. The molecule has 2 rings (SSSR count). The number of benzene rings is 1. The Morgan fingerprint density at radius 3 is 2.61 bits per heavy atom. The van der Waals surface area contributed by atoms with Gasteiger partial charge in [0.25, 0.3) is 0 Å². The van der Waals surface area contributed by atoms with Crippen molar-refractivity contribution < 1.29 is 19.4 Å². The van der Waals surface area contributed by atoms with E-state index in [1.165, 1.54) is 4.90 Å². The normalized spacial score (nSPS) is 18.2. The maximum atomic E-state index is 13.1. The van der Waals surface area contributed by atoms with Crippen molar-refractivity contribution in [3.05, 3.63) is 34.9 Å². The lowest BCUT2D eigenvalue weighted by Crippen LogP contribution is -2.50. The SMILES string of the molecule is CC(CN(C)C(=O)C1(c2cccc(Cl)c2)CCOCC1)C(=O)O. The van der Waals surface area contributed by atoms with Gasteiger partial charge in [0.1, 0.15) is 0 Å². The molecular formula is C17H22ClNO4. The summed E-state index contributed by atoms with van der Waals surface area (Å²) in [5, 5.41) is 9.65. The van der Waals surface area contributed by atoms with Crippen molar-refractivity contribution in [2.45, 2.75) is 25.2 Å². The Morgan fingerprint density at radius 2 is 2.04 bits per heavy atom. The van der Waals surface area contributed by atoms with Crippen molar-refractivity contribution in [2.24, 2.45) is 5.92 Å². The first-order valence-corrected chi connectivity index (χ1v) is 8.07. The summed E-state index contributed by atoms with van der Waals surface area (Å²) >= 11 is 6.10. The van der Waals surface area contributed by atoms with Crippen LogP contribution in [0.4, 0.5) is 0 Å². The van der Waals surface area contributed by atoms with Crippen LogP contribution in [-0.4, -0.2) is 48.7 Å². The molecule has 1 amide bonds. The van der Waals surface area contributed by atoms with E-state index in [9.17, 15) is 9.59 Å². The summed E-state index contributed by atoms with van der Waals surface area (Å²) in [6, 6.07) is 7.34. The molecule has 1 unspecified atom stereocenters. The predicted octanol–water partition coefficient (Wildman–Crippen LogP) is 2.57. The molecule has 1 aliphatic heterocycles. The molecule has 1 saturated heterocycles. The topological polar surface area (TPSA) is 66.8 Å². The third-order valence-electron chi connectivity index (χ3n) is 4.45. The summed E-state index contributed by atoms with van der Waals surface area (Å²) in [5.41, 5.74) is 0.170. The number of carboxylic acid groups (broad SMARTS) is 1. The van der Waals surface area contributed by atoms with Crippen LogP contribution in [0.3, 0.4) is 0 Å². The smallest absolute Gasteiger partial charge is 0.308 e. The lowest BCUT2D eigenvalue weighted by Gasteiger charge is -2.39. The summed E-state index contributed by atoms with van der Waals surface area (Å²) in [6.45, 7) is 2.78. The molecule has 6 heteroatoms. The lowest BCUT2D eigenvalue weighted by molar-refractivity contribution is -0.145. The average Bonchev–Trinajstić information content (AvgIpc) is 2.54. The van der Waals surface area contributed by atoms with Crippen molar-refractivity contribution >= 4 is 23.5 Å². The number of carbonyl (C=O) groups is 2. The fraction of sp³-hybridized carbons (Fsp3) is 0.529. The van der Waals surface area contributed by atoms with Crippen LogP contribution in [0.15, 0.2) is 24.3 Å². The minimum atomic E-state index is -0.909. The van der Waals surface area contributed by atoms with Gasteiger partial charge in [-0.2, -0.15) is 0 Å². The quantitative estimate of drug-likeness (QED) is 0.895. The Morgan fingerprint density at radius 1 is 1.39 bits per heavy atom. The summed E-state index contributed by atoms with van der Waals surface area (Å²) in [7, 11) is 1.66. The van der Waals surface area contributed by atoms with Crippen LogP contribution in [0.25, 0.3) is 0 Å². The van der Waals surface area contributed by atoms with E-state index in [1.807, 2.05) is 18.2 Å². The zero-order chi connectivity index (χ0) is 17.0. The number of ether oxygens (including phenoxy) is 1. The van der Waals surface area contributed by atoms with Crippen LogP contribution in [-0.2, 0) is 19.7 Å². The summed E-state index contributed by atoms with van der Waals surface area (Å²) in [6.07, 6.45) is 1.13. The Labute approximate surface area is 141 Å². The number of nitrogens with zero attached hydrogens (tertiary/aromatic N) is 1. The van der Waals surface area contributed by atoms with Gasteiger partial charge in [-0.1, -0.05) is 30.7 Å². The van der Waals surface area contributed by atoms with E-state index in [4.69, 9.17) is 21.4 Å². The molecule has 1 N–H and O–H groups in total. The average molecular weight is 340 g/mol. The number of halogens is 1. The summed E-state index contributed by atoms with van der Waals surface area (Å²) in [4.78, 5) is 25.7. The highest BCUT2D eigenvalue weighted by Crippen LogP contribution is 2.37. The highest BCUT2D eigenvalue weighted by Gasteiger charge is 2.43. The van der Waals surface area contributed by atoms with Crippen LogP contribution in [0.1, 0.15) is 25.3 Å². The third-order valence-corrected chi connectivity index (χ3v) is 4.68. The Kier molecular flexibility index (Phi) is 5.65. The van der Waals surface area contributed by atoms with E-state index in [0.29, 0.717) is 31.1 Å². The molecular weight excluding hydrogens is 318 g/mol. The van der Waals surface area contributed by atoms with Gasteiger partial charge in [0.15, 0.2) is 0 Å². The summed E-state index contributed by atoms with van der Waals surface area (Å²) in [5.74, 6) is -1.59. The molecule has 0 saturated carbocycles. The molecule has 0 aromatic heterocycles. The number of likely N-dealkylation sites (N-methyl/N-ethyl adjacent to an activating group) is 1. The first-order valence-electron chi connectivity index (χ1n) is 7.69. The molecule has 126 valence electrons. The van der Waals surface area contributed by atoms with Crippen molar-refractivity contribution in [1.82, 2.24) is 4.90 Å². The number of carbonyl (C=O) groups excluding carboxylic acids is 1. The van der Waals surface area contributed by atoms with Crippen LogP contribution < -0.4 is 0 Å². The second kappa shape index (κ2) is 7.32. The molecule has 0 radical (unpaired) electrons. The van der Waals surface area contributed by atoms with E-state index in [-0.39, 0.29) is 12.5 Å². The second-order valence-corrected chi connectivity index (χ2v) is 6.57. The molecule has 1 fully saturated rings. The van der Waals surface area contributed by atoms with Crippen LogP contribution in [0.2, 0.25) is 5.02 Å². The Hall–Kier alpha value is -1.59. The minimum Gasteiger partial charge on any atom is -0.481 e. The van der Waals surface area contributed by atoms with Crippen molar-refractivity contribution in [1.29, 1.82) is 0 Å². The minimum absolute atomic E-state index is 0.0730. The fourth-order valence-electron chi connectivity index (χ4n) is 3.07. The van der Waals surface area contributed by atoms with Gasteiger partial charge in [0.2, 0.25) is 5.91 Å². The van der Waals surface area contributed by atoms with E-state index in [0.717, 1.165) is 5.56 Å². The molecule has 1 aromatic carbocycles. The van der Waals surface area contributed by atoms with Gasteiger partial charge < -0.3 is 14.7 Å². The van der Waals surface area contributed by atoms with Crippen LogP contribution >= 0.6 is 11.6 Å². The van der Waals surface area contributed by atoms with Crippen molar-refractivity contribution in [3.8, 4) is 0 Å². The van der Waals surface area contributed by atoms with Crippen LogP contribution in [0.5, 0.6) is 0 Å². The number of amides is 1. The molecule has 0 spiro atoms.